The number of carbonyl (C=O) groups is 4. The molecular weight excluding hydrogens is 627 g/mol. The Bertz CT molecular complexity index is 1320. The lowest BCUT2D eigenvalue weighted by Gasteiger charge is -2.39. The van der Waals surface area contributed by atoms with Gasteiger partial charge in [0.25, 0.3) is 5.91 Å². The zero-order chi connectivity index (χ0) is 35.2. The second kappa shape index (κ2) is 19.6. The van der Waals surface area contributed by atoms with E-state index in [1.54, 1.807) is 5.38 Å². The summed E-state index contributed by atoms with van der Waals surface area (Å²) in [7, 11) is 1.98. The maximum absolute atomic E-state index is 14.3. The minimum absolute atomic E-state index is 0.0104. The Hall–Kier alpha value is -3.31. The van der Waals surface area contributed by atoms with Gasteiger partial charge in [0.05, 0.1) is 11.0 Å². The first kappa shape index (κ1) is 39.1. The molecule has 11 heteroatoms. The maximum atomic E-state index is 14.3. The van der Waals surface area contributed by atoms with Gasteiger partial charge in [-0.25, -0.2) is 4.98 Å². The highest BCUT2D eigenvalue weighted by atomic mass is 32.1. The Labute approximate surface area is 291 Å². The summed E-state index contributed by atoms with van der Waals surface area (Å²) in [6.07, 6.45) is 6.58. The van der Waals surface area contributed by atoms with E-state index in [9.17, 15) is 24.3 Å². The normalized spacial score (nSPS) is 17.7. The standard InChI is InChI=1S/C37H57N5O5S/c1-7-21-42(37(47)34(26(5)8-2)40-36(46)31-16-12-13-22-41(31)6)30(25(3)4)18-19-32-39-29(24-48-32)35(45)38-28(17-20-33(43)44)23-27-14-10-9-11-15-27/h9-11,14-15,24-26,28,30-31,34H,7-8,12-13,16-23H2,1-6H3,(H,38,45)(H,40,46)(H,43,44)/t26-,28+,30+,31?,34?/m0/s1. The van der Waals surface area contributed by atoms with E-state index in [0.29, 0.717) is 37.9 Å². The first-order valence-corrected chi connectivity index (χ1v) is 18.6. The summed E-state index contributed by atoms with van der Waals surface area (Å²) in [5.41, 5.74) is 1.34. The van der Waals surface area contributed by atoms with Crippen LogP contribution in [0.1, 0.15) is 107 Å². The highest BCUT2D eigenvalue weighted by molar-refractivity contribution is 7.09. The second-order valence-electron chi connectivity index (χ2n) is 13.7. The van der Waals surface area contributed by atoms with Gasteiger partial charge in [0.1, 0.15) is 11.7 Å². The largest absolute Gasteiger partial charge is 0.481 e. The molecule has 5 atom stereocenters. The van der Waals surface area contributed by atoms with Gasteiger partial charge in [0.2, 0.25) is 11.8 Å². The van der Waals surface area contributed by atoms with Crippen molar-refractivity contribution in [2.24, 2.45) is 11.8 Å². The lowest BCUT2D eigenvalue weighted by atomic mass is 9.92. The predicted molar refractivity (Wildman–Crippen MR) is 191 cm³/mol. The molecule has 2 heterocycles. The number of nitrogens with zero attached hydrogens (tertiary/aromatic N) is 3. The minimum atomic E-state index is -0.900. The summed E-state index contributed by atoms with van der Waals surface area (Å²) < 4.78 is 0. The molecule has 2 aromatic rings. The number of aryl methyl sites for hydroxylation is 1. The van der Waals surface area contributed by atoms with Crippen molar-refractivity contribution in [3.8, 4) is 0 Å². The van der Waals surface area contributed by atoms with E-state index in [0.717, 1.165) is 49.2 Å². The average molecular weight is 684 g/mol. The van der Waals surface area contributed by atoms with Crippen LogP contribution in [0.2, 0.25) is 0 Å². The number of carboxylic acid groups (broad SMARTS) is 1. The molecule has 0 radical (unpaired) electrons. The number of thiazole rings is 1. The lowest BCUT2D eigenvalue weighted by Crippen LogP contribution is -2.58. The van der Waals surface area contributed by atoms with Crippen LogP contribution in [0, 0.1) is 11.8 Å². The Morgan fingerprint density at radius 3 is 2.42 bits per heavy atom. The highest BCUT2D eigenvalue weighted by Gasteiger charge is 2.36. The van der Waals surface area contributed by atoms with E-state index in [4.69, 9.17) is 0 Å². The van der Waals surface area contributed by atoms with Gasteiger partial charge in [-0.15, -0.1) is 11.3 Å². The third kappa shape index (κ3) is 11.7. The third-order valence-electron chi connectivity index (χ3n) is 9.57. The number of amides is 3. The molecule has 0 spiro atoms. The van der Waals surface area contributed by atoms with Crippen LogP contribution in [-0.4, -0.2) is 87.9 Å². The fourth-order valence-electron chi connectivity index (χ4n) is 6.53. The number of aliphatic carboxylic acids is 1. The van der Waals surface area contributed by atoms with Crippen molar-refractivity contribution in [1.82, 2.24) is 25.4 Å². The number of nitrogens with one attached hydrogen (secondary N) is 2. The van der Waals surface area contributed by atoms with Crippen molar-refractivity contribution >= 4 is 35.0 Å². The Morgan fingerprint density at radius 2 is 1.79 bits per heavy atom. The van der Waals surface area contributed by atoms with Crippen molar-refractivity contribution in [2.75, 3.05) is 20.1 Å². The molecule has 1 fully saturated rings. The number of hydrogen-bond acceptors (Lipinski definition) is 7. The summed E-state index contributed by atoms with van der Waals surface area (Å²) >= 11 is 1.42. The first-order chi connectivity index (χ1) is 22.9. The van der Waals surface area contributed by atoms with E-state index >= 15 is 0 Å². The zero-order valence-electron chi connectivity index (χ0n) is 29.7. The molecule has 1 aromatic carbocycles. The van der Waals surface area contributed by atoms with Crippen LogP contribution in [0.15, 0.2) is 35.7 Å². The lowest BCUT2D eigenvalue weighted by molar-refractivity contribution is -0.142. The highest BCUT2D eigenvalue weighted by Crippen LogP contribution is 2.24. The summed E-state index contributed by atoms with van der Waals surface area (Å²) in [5.74, 6) is -1.14. The molecule has 1 aromatic heterocycles. The number of hydrogen-bond donors (Lipinski definition) is 3. The molecule has 1 aliphatic heterocycles. The Morgan fingerprint density at radius 1 is 1.06 bits per heavy atom. The number of carboxylic acids is 1. The van der Waals surface area contributed by atoms with Crippen molar-refractivity contribution in [3.63, 3.8) is 0 Å². The molecule has 0 saturated carbocycles. The first-order valence-electron chi connectivity index (χ1n) is 17.8. The van der Waals surface area contributed by atoms with Gasteiger partial charge in [-0.1, -0.05) is 77.8 Å². The monoisotopic (exact) mass is 683 g/mol. The van der Waals surface area contributed by atoms with Gasteiger partial charge < -0.3 is 20.6 Å². The average Bonchev–Trinajstić information content (AvgIpc) is 3.54. The van der Waals surface area contributed by atoms with Crippen LogP contribution < -0.4 is 10.6 Å². The van der Waals surface area contributed by atoms with Gasteiger partial charge in [-0.2, -0.15) is 0 Å². The fraction of sp³-hybridized carbons (Fsp3) is 0.649. The SMILES string of the molecule is CCCN(C(=O)C(NC(=O)C1CCCCN1C)[C@@H](C)CC)[C@H](CCc1nc(C(=O)N[C@H](CCC(=O)O)Cc2ccccc2)cs1)C(C)C. The number of benzene rings is 1. The van der Waals surface area contributed by atoms with Crippen LogP contribution >= 0.6 is 11.3 Å². The van der Waals surface area contributed by atoms with Crippen LogP contribution in [0.25, 0.3) is 0 Å². The molecule has 10 nitrogen and oxygen atoms in total. The molecule has 3 amide bonds. The third-order valence-corrected chi connectivity index (χ3v) is 10.5. The molecule has 48 heavy (non-hydrogen) atoms. The molecule has 2 unspecified atom stereocenters. The molecule has 1 saturated heterocycles. The molecule has 3 rings (SSSR count). The van der Waals surface area contributed by atoms with E-state index < -0.39 is 12.0 Å². The van der Waals surface area contributed by atoms with Crippen molar-refractivity contribution in [3.05, 3.63) is 52.0 Å². The number of likely N-dealkylation sites (N-methyl/N-ethyl adjacent to an activating group) is 1. The number of rotatable bonds is 19. The summed E-state index contributed by atoms with van der Waals surface area (Å²) in [4.78, 5) is 60.9. The van der Waals surface area contributed by atoms with Gasteiger partial charge in [0, 0.05) is 36.9 Å². The second-order valence-corrected chi connectivity index (χ2v) is 14.6. The minimum Gasteiger partial charge on any atom is -0.481 e. The molecular formula is C37H57N5O5S. The molecule has 1 aliphatic rings. The van der Waals surface area contributed by atoms with E-state index in [1.807, 2.05) is 49.2 Å². The van der Waals surface area contributed by atoms with Crippen LogP contribution in [0.3, 0.4) is 0 Å². The Balaban J connectivity index is 1.70. The van der Waals surface area contributed by atoms with Crippen molar-refractivity contribution < 1.29 is 24.3 Å². The van der Waals surface area contributed by atoms with Crippen LogP contribution in [0.5, 0.6) is 0 Å². The van der Waals surface area contributed by atoms with E-state index in [-0.39, 0.29) is 54.1 Å². The van der Waals surface area contributed by atoms with Crippen LogP contribution in [-0.2, 0) is 27.2 Å². The van der Waals surface area contributed by atoms with Gasteiger partial charge in [-0.05, 0) is 69.5 Å². The molecule has 3 N–H and O–H groups in total. The fourth-order valence-corrected chi connectivity index (χ4v) is 7.32. The Kier molecular flexibility index (Phi) is 16.0. The number of aromatic nitrogens is 1. The number of carbonyl (C=O) groups excluding carboxylic acids is 3. The van der Waals surface area contributed by atoms with E-state index in [1.165, 1.54) is 11.3 Å². The summed E-state index contributed by atoms with van der Waals surface area (Å²) in [6.45, 7) is 11.9. The van der Waals surface area contributed by atoms with Gasteiger partial charge in [-0.3, -0.25) is 24.1 Å². The molecule has 0 aliphatic carbocycles. The summed E-state index contributed by atoms with van der Waals surface area (Å²) in [5, 5.41) is 18.0. The topological polar surface area (TPSA) is 132 Å². The number of piperidine rings is 1. The quantitative estimate of drug-likeness (QED) is 0.177. The maximum Gasteiger partial charge on any atom is 0.303 e. The van der Waals surface area contributed by atoms with Crippen molar-refractivity contribution in [1.29, 1.82) is 0 Å². The van der Waals surface area contributed by atoms with Crippen molar-refractivity contribution in [2.45, 2.75) is 123 Å². The van der Waals surface area contributed by atoms with E-state index in [2.05, 4.69) is 48.2 Å². The zero-order valence-corrected chi connectivity index (χ0v) is 30.6. The number of likely N-dealkylation sites (tertiary alicyclic amines) is 1. The van der Waals surface area contributed by atoms with Gasteiger partial charge >= 0.3 is 5.97 Å². The summed E-state index contributed by atoms with van der Waals surface area (Å²) in [6, 6.07) is 8.50. The van der Waals surface area contributed by atoms with Crippen LogP contribution in [0.4, 0.5) is 0 Å². The molecule has 0 bridgehead atoms. The molecule has 266 valence electrons. The smallest absolute Gasteiger partial charge is 0.303 e. The van der Waals surface area contributed by atoms with Gasteiger partial charge in [0.15, 0.2) is 0 Å². The predicted octanol–water partition coefficient (Wildman–Crippen LogP) is 5.56.